The largest absolute Gasteiger partial charge is 0.361 e. The van der Waals surface area contributed by atoms with Gasteiger partial charge in [0.15, 0.2) is 5.82 Å². The summed E-state index contributed by atoms with van der Waals surface area (Å²) in [4.78, 5) is 34.4. The van der Waals surface area contributed by atoms with Crippen molar-refractivity contribution in [3.63, 3.8) is 0 Å². The Morgan fingerprint density at radius 2 is 1.94 bits per heavy atom. The van der Waals surface area contributed by atoms with Crippen LogP contribution in [0.3, 0.4) is 0 Å². The lowest BCUT2D eigenvalue weighted by molar-refractivity contribution is 0.365. The van der Waals surface area contributed by atoms with Gasteiger partial charge in [0.25, 0.3) is 5.56 Å². The fourth-order valence-electron chi connectivity index (χ4n) is 3.56. The van der Waals surface area contributed by atoms with E-state index in [2.05, 4.69) is 20.3 Å². The number of halogens is 1. The lowest BCUT2D eigenvalue weighted by Crippen LogP contribution is -2.41. The minimum Gasteiger partial charge on any atom is -0.361 e. The first-order valence-electron chi connectivity index (χ1n) is 10.3. The highest BCUT2D eigenvalue weighted by Gasteiger charge is 2.24. The zero-order chi connectivity index (χ0) is 22.0. The average Bonchev–Trinajstić information content (AvgIpc) is 3.45. The zero-order valence-corrected chi connectivity index (χ0v) is 18.2. The van der Waals surface area contributed by atoms with Crippen molar-refractivity contribution in [3.05, 3.63) is 55.6 Å². The van der Waals surface area contributed by atoms with Gasteiger partial charge in [-0.15, -0.1) is 0 Å². The van der Waals surface area contributed by atoms with Crippen molar-refractivity contribution >= 4 is 22.6 Å². The third-order valence-electron chi connectivity index (χ3n) is 5.07. The molecule has 4 heterocycles. The number of aryl methyl sites for hydroxylation is 2. The Balaban J connectivity index is 1.46. The maximum Gasteiger partial charge on any atom is 0.332 e. The monoisotopic (exact) mass is 446 g/mol. The van der Waals surface area contributed by atoms with E-state index in [4.69, 9.17) is 20.6 Å². The number of hydrogen-bond acceptors (Lipinski definition) is 8. The van der Waals surface area contributed by atoms with Crippen molar-refractivity contribution in [1.29, 1.82) is 0 Å². The van der Waals surface area contributed by atoms with Crippen molar-refractivity contribution in [1.82, 2.24) is 24.4 Å². The topological polar surface area (TPSA) is 121 Å². The lowest BCUT2D eigenvalue weighted by atomic mass is 10.2. The van der Waals surface area contributed by atoms with E-state index in [1.165, 1.54) is 4.57 Å². The van der Waals surface area contributed by atoms with Crippen LogP contribution >= 0.6 is 11.6 Å². The molecule has 10 nitrogen and oxygen atoms in total. The SMILES string of the molecule is CCCCn1c2c(c(=O)n(CCCc3nc(Cc4cc(C)on4)no3)c1=O)CC(Cl)=N2. The van der Waals surface area contributed by atoms with Crippen LogP contribution < -0.4 is 11.2 Å². The van der Waals surface area contributed by atoms with Gasteiger partial charge in [0, 0.05) is 32.0 Å². The number of nitrogens with zero attached hydrogens (tertiary/aromatic N) is 6. The van der Waals surface area contributed by atoms with Crippen LogP contribution in [0, 0.1) is 6.92 Å². The van der Waals surface area contributed by atoms with Crippen LogP contribution in [0.25, 0.3) is 0 Å². The first-order valence-corrected chi connectivity index (χ1v) is 10.7. The van der Waals surface area contributed by atoms with E-state index in [1.54, 1.807) is 4.57 Å². The maximum atomic E-state index is 13.0. The van der Waals surface area contributed by atoms with Gasteiger partial charge < -0.3 is 9.05 Å². The molecule has 31 heavy (non-hydrogen) atoms. The number of fused-ring (bicyclic) bond motifs is 1. The van der Waals surface area contributed by atoms with Crippen LogP contribution in [-0.2, 0) is 32.4 Å². The molecular formula is C20H23ClN6O4. The van der Waals surface area contributed by atoms with Crippen molar-refractivity contribution in [2.24, 2.45) is 4.99 Å². The average molecular weight is 447 g/mol. The molecule has 0 aliphatic carbocycles. The molecule has 0 spiro atoms. The van der Waals surface area contributed by atoms with Crippen molar-refractivity contribution in [2.75, 3.05) is 0 Å². The Morgan fingerprint density at radius 1 is 1.13 bits per heavy atom. The van der Waals surface area contributed by atoms with E-state index in [0.717, 1.165) is 24.3 Å². The van der Waals surface area contributed by atoms with Gasteiger partial charge >= 0.3 is 5.69 Å². The summed E-state index contributed by atoms with van der Waals surface area (Å²) >= 11 is 6.05. The molecule has 4 rings (SSSR count). The Hall–Kier alpha value is -3.01. The molecule has 0 aromatic carbocycles. The van der Waals surface area contributed by atoms with E-state index in [0.29, 0.717) is 54.1 Å². The fourth-order valence-corrected chi connectivity index (χ4v) is 3.77. The summed E-state index contributed by atoms with van der Waals surface area (Å²) in [7, 11) is 0. The second kappa shape index (κ2) is 9.01. The number of unbranched alkanes of at least 4 members (excludes halogenated alkanes) is 1. The molecule has 0 atom stereocenters. The van der Waals surface area contributed by atoms with Crippen LogP contribution in [0.5, 0.6) is 0 Å². The quantitative estimate of drug-likeness (QED) is 0.495. The van der Waals surface area contributed by atoms with E-state index in [9.17, 15) is 9.59 Å². The van der Waals surface area contributed by atoms with E-state index in [-0.39, 0.29) is 24.2 Å². The molecule has 1 aliphatic rings. The van der Waals surface area contributed by atoms with Gasteiger partial charge in [0.05, 0.1) is 17.7 Å². The van der Waals surface area contributed by atoms with Crippen LogP contribution in [0.2, 0.25) is 0 Å². The summed E-state index contributed by atoms with van der Waals surface area (Å²) in [5.41, 5.74) is 0.506. The summed E-state index contributed by atoms with van der Waals surface area (Å²) in [6.45, 7) is 4.60. The fraction of sp³-hybridized carbons (Fsp3) is 0.500. The van der Waals surface area contributed by atoms with Gasteiger partial charge in [-0.3, -0.25) is 13.9 Å². The molecule has 0 fully saturated rings. The van der Waals surface area contributed by atoms with Crippen LogP contribution in [0.4, 0.5) is 5.82 Å². The summed E-state index contributed by atoms with van der Waals surface area (Å²) < 4.78 is 13.1. The standard InChI is InChI=1S/C20H23ClN6O4/c1-3-4-7-26-18-14(11-15(21)22-18)19(28)27(20(26)29)8-5-6-17-23-16(25-31-17)10-13-9-12(2)30-24-13/h9H,3-8,10-11H2,1-2H3. The molecule has 0 radical (unpaired) electrons. The smallest absolute Gasteiger partial charge is 0.332 e. The van der Waals surface area contributed by atoms with Crippen molar-refractivity contribution < 1.29 is 9.05 Å². The van der Waals surface area contributed by atoms with E-state index in [1.807, 2.05) is 19.9 Å². The van der Waals surface area contributed by atoms with Crippen LogP contribution in [0.15, 0.2) is 29.7 Å². The Bertz CT molecular complexity index is 1240. The molecule has 0 amide bonds. The molecule has 0 saturated carbocycles. The van der Waals surface area contributed by atoms with Gasteiger partial charge in [-0.25, -0.2) is 9.79 Å². The molecule has 0 N–H and O–H groups in total. The predicted octanol–water partition coefficient (Wildman–Crippen LogP) is 2.54. The Kier molecular flexibility index (Phi) is 6.17. The molecule has 0 unspecified atom stereocenters. The number of rotatable bonds is 9. The highest BCUT2D eigenvalue weighted by atomic mass is 35.5. The van der Waals surface area contributed by atoms with Crippen molar-refractivity contribution in [3.8, 4) is 0 Å². The van der Waals surface area contributed by atoms with Crippen LogP contribution in [0.1, 0.15) is 54.9 Å². The van der Waals surface area contributed by atoms with Gasteiger partial charge in [-0.05, 0) is 19.8 Å². The van der Waals surface area contributed by atoms with Crippen molar-refractivity contribution in [2.45, 2.75) is 65.5 Å². The number of aromatic nitrogens is 5. The first kappa shape index (κ1) is 21.2. The van der Waals surface area contributed by atoms with Crippen LogP contribution in [-0.4, -0.2) is 29.6 Å². The van der Waals surface area contributed by atoms with E-state index >= 15 is 0 Å². The third-order valence-corrected chi connectivity index (χ3v) is 5.29. The summed E-state index contributed by atoms with van der Waals surface area (Å²) in [6.07, 6.45) is 3.35. The molecule has 3 aromatic heterocycles. The zero-order valence-electron chi connectivity index (χ0n) is 17.4. The third kappa shape index (κ3) is 4.53. The lowest BCUT2D eigenvalue weighted by Gasteiger charge is -2.13. The van der Waals surface area contributed by atoms with Gasteiger partial charge in [-0.1, -0.05) is 35.3 Å². The highest BCUT2D eigenvalue weighted by molar-refractivity contribution is 6.66. The summed E-state index contributed by atoms with van der Waals surface area (Å²) in [5, 5.41) is 8.20. The van der Waals surface area contributed by atoms with E-state index < -0.39 is 0 Å². The second-order valence-corrected chi connectivity index (χ2v) is 7.96. The molecule has 1 aliphatic heterocycles. The molecule has 164 valence electrons. The number of aliphatic imine (C=N–C) groups is 1. The summed E-state index contributed by atoms with van der Waals surface area (Å²) in [6, 6.07) is 1.82. The number of hydrogen-bond donors (Lipinski definition) is 0. The molecular weight excluding hydrogens is 424 g/mol. The molecule has 0 bridgehead atoms. The normalized spacial score (nSPS) is 12.9. The minimum atomic E-state index is -0.361. The predicted molar refractivity (Wildman–Crippen MR) is 113 cm³/mol. The molecule has 0 saturated heterocycles. The Labute approximate surface area is 182 Å². The van der Waals surface area contributed by atoms with Gasteiger partial charge in [0.2, 0.25) is 5.89 Å². The van der Waals surface area contributed by atoms with Gasteiger partial charge in [0.1, 0.15) is 16.7 Å². The summed E-state index contributed by atoms with van der Waals surface area (Å²) in [5.74, 6) is 2.07. The minimum absolute atomic E-state index is 0.245. The molecule has 11 heteroatoms. The molecule has 3 aromatic rings. The van der Waals surface area contributed by atoms with Gasteiger partial charge in [-0.2, -0.15) is 4.98 Å². The Morgan fingerprint density at radius 3 is 2.68 bits per heavy atom. The maximum absolute atomic E-state index is 13.0. The second-order valence-electron chi connectivity index (χ2n) is 7.53. The highest BCUT2D eigenvalue weighted by Crippen LogP contribution is 2.24. The first-order chi connectivity index (χ1) is 15.0.